The van der Waals surface area contributed by atoms with E-state index in [1.54, 1.807) is 42.1 Å². The first kappa shape index (κ1) is 15.8. The lowest BCUT2D eigenvalue weighted by molar-refractivity contribution is 0.102. The van der Waals surface area contributed by atoms with E-state index < -0.39 is 11.7 Å². The highest BCUT2D eigenvalue weighted by atomic mass is 35.5. The SMILES string of the molecule is Cc1cc(Cl)c(NC(=O)c2cn(C)c3cccc(F)c23)cc1Cl. The lowest BCUT2D eigenvalue weighted by Gasteiger charge is -2.09. The summed E-state index contributed by atoms with van der Waals surface area (Å²) in [5, 5.41) is 3.84. The first-order valence-electron chi connectivity index (χ1n) is 6.89. The zero-order valence-corrected chi connectivity index (χ0v) is 14.0. The molecule has 0 spiro atoms. The molecule has 0 aliphatic carbocycles. The van der Waals surface area contributed by atoms with Gasteiger partial charge < -0.3 is 9.88 Å². The van der Waals surface area contributed by atoms with Crippen molar-refractivity contribution in [2.75, 3.05) is 5.32 Å². The van der Waals surface area contributed by atoms with Gasteiger partial charge in [-0.25, -0.2) is 4.39 Å². The summed E-state index contributed by atoms with van der Waals surface area (Å²) >= 11 is 12.2. The fourth-order valence-electron chi connectivity index (χ4n) is 2.50. The van der Waals surface area contributed by atoms with Crippen LogP contribution in [-0.4, -0.2) is 10.5 Å². The Balaban J connectivity index is 2.04. The molecule has 0 fully saturated rings. The summed E-state index contributed by atoms with van der Waals surface area (Å²) in [5.41, 5.74) is 2.09. The highest BCUT2D eigenvalue weighted by Gasteiger charge is 2.18. The minimum Gasteiger partial charge on any atom is -0.350 e. The number of anilines is 1. The summed E-state index contributed by atoms with van der Waals surface area (Å²) in [5.74, 6) is -0.885. The average Bonchev–Trinajstić information content (AvgIpc) is 2.84. The van der Waals surface area contributed by atoms with Gasteiger partial charge in [0, 0.05) is 23.7 Å². The number of nitrogens with one attached hydrogen (secondary N) is 1. The van der Waals surface area contributed by atoms with Gasteiger partial charge in [0.05, 0.1) is 21.8 Å². The van der Waals surface area contributed by atoms with E-state index >= 15 is 0 Å². The number of rotatable bonds is 2. The maximum absolute atomic E-state index is 14.1. The number of benzene rings is 2. The Labute approximate surface area is 142 Å². The fraction of sp³-hybridized carbons (Fsp3) is 0.118. The highest BCUT2D eigenvalue weighted by Crippen LogP contribution is 2.30. The number of fused-ring (bicyclic) bond motifs is 1. The van der Waals surface area contributed by atoms with Gasteiger partial charge in [-0.15, -0.1) is 0 Å². The molecule has 3 nitrogen and oxygen atoms in total. The molecule has 0 aliphatic rings. The van der Waals surface area contributed by atoms with Crippen LogP contribution in [-0.2, 0) is 7.05 Å². The topological polar surface area (TPSA) is 34.0 Å². The van der Waals surface area contributed by atoms with Crippen LogP contribution in [0.5, 0.6) is 0 Å². The van der Waals surface area contributed by atoms with Gasteiger partial charge in [0.25, 0.3) is 5.91 Å². The Morgan fingerprint density at radius 1 is 1.22 bits per heavy atom. The second-order valence-corrected chi connectivity index (χ2v) is 6.14. The van der Waals surface area contributed by atoms with Crippen molar-refractivity contribution in [1.82, 2.24) is 4.57 Å². The minimum atomic E-state index is -0.443. The van der Waals surface area contributed by atoms with Gasteiger partial charge in [0.2, 0.25) is 0 Å². The molecule has 2 aromatic carbocycles. The molecule has 0 saturated heterocycles. The third-order valence-electron chi connectivity index (χ3n) is 3.70. The molecule has 1 amide bonds. The first-order chi connectivity index (χ1) is 10.9. The molecule has 6 heteroatoms. The number of hydrogen-bond donors (Lipinski definition) is 1. The van der Waals surface area contributed by atoms with Crippen LogP contribution in [0, 0.1) is 12.7 Å². The third-order valence-corrected chi connectivity index (χ3v) is 4.42. The van der Waals surface area contributed by atoms with E-state index in [0.717, 1.165) is 5.56 Å². The van der Waals surface area contributed by atoms with Gasteiger partial charge in [-0.05, 0) is 36.8 Å². The Hall–Kier alpha value is -2.04. The molecule has 118 valence electrons. The van der Waals surface area contributed by atoms with Crippen molar-refractivity contribution in [1.29, 1.82) is 0 Å². The van der Waals surface area contributed by atoms with Crippen LogP contribution in [0.2, 0.25) is 10.0 Å². The maximum atomic E-state index is 14.1. The average molecular weight is 351 g/mol. The van der Waals surface area contributed by atoms with Crippen molar-refractivity contribution < 1.29 is 9.18 Å². The van der Waals surface area contributed by atoms with Crippen molar-refractivity contribution >= 4 is 45.7 Å². The smallest absolute Gasteiger partial charge is 0.257 e. The first-order valence-corrected chi connectivity index (χ1v) is 7.64. The van der Waals surface area contributed by atoms with Crippen molar-refractivity contribution in [3.05, 3.63) is 63.5 Å². The summed E-state index contributed by atoms with van der Waals surface area (Å²) in [6.07, 6.45) is 1.59. The van der Waals surface area contributed by atoms with E-state index in [4.69, 9.17) is 23.2 Å². The van der Waals surface area contributed by atoms with Gasteiger partial charge in [0.15, 0.2) is 0 Å². The van der Waals surface area contributed by atoms with Crippen LogP contribution < -0.4 is 5.32 Å². The molecule has 0 bridgehead atoms. The number of halogens is 3. The third kappa shape index (κ3) is 2.80. The molecule has 3 rings (SSSR count). The van der Waals surface area contributed by atoms with E-state index in [-0.39, 0.29) is 10.9 Å². The van der Waals surface area contributed by atoms with E-state index in [1.165, 1.54) is 6.07 Å². The van der Waals surface area contributed by atoms with Crippen LogP contribution in [0.4, 0.5) is 10.1 Å². The fourth-order valence-corrected chi connectivity index (χ4v) is 2.93. The van der Waals surface area contributed by atoms with Crippen LogP contribution in [0.25, 0.3) is 10.9 Å². The molecule has 1 aromatic heterocycles. The van der Waals surface area contributed by atoms with Crippen LogP contribution in [0.3, 0.4) is 0 Å². The summed E-state index contributed by atoms with van der Waals surface area (Å²) in [6.45, 7) is 1.82. The standard InChI is InChI=1S/C17H13Cl2FN2O/c1-9-6-12(19)14(7-11(9)18)21-17(23)10-8-22(2)15-5-3-4-13(20)16(10)15/h3-8H,1-2H3,(H,21,23). The zero-order chi connectivity index (χ0) is 16.7. The van der Waals surface area contributed by atoms with Gasteiger partial charge in [-0.1, -0.05) is 29.3 Å². The molecular formula is C17H13Cl2FN2O. The summed E-state index contributed by atoms with van der Waals surface area (Å²) in [6, 6.07) is 7.94. The Morgan fingerprint density at radius 2 is 1.96 bits per heavy atom. The molecule has 0 atom stereocenters. The highest BCUT2D eigenvalue weighted by molar-refractivity contribution is 6.36. The molecule has 1 N–H and O–H groups in total. The van der Waals surface area contributed by atoms with Crippen molar-refractivity contribution in [3.8, 4) is 0 Å². The Bertz CT molecular complexity index is 934. The normalized spacial score (nSPS) is 11.0. The lowest BCUT2D eigenvalue weighted by atomic mass is 10.1. The summed E-state index contributed by atoms with van der Waals surface area (Å²) in [4.78, 5) is 12.5. The van der Waals surface area contributed by atoms with Gasteiger partial charge in [-0.2, -0.15) is 0 Å². The molecule has 0 radical (unpaired) electrons. The van der Waals surface area contributed by atoms with Gasteiger partial charge >= 0.3 is 0 Å². The number of nitrogens with zero attached hydrogens (tertiary/aromatic N) is 1. The van der Waals surface area contributed by atoms with Crippen molar-refractivity contribution in [2.45, 2.75) is 6.92 Å². The summed E-state index contributed by atoms with van der Waals surface area (Å²) in [7, 11) is 1.76. The van der Waals surface area contributed by atoms with E-state index in [1.807, 2.05) is 6.92 Å². The number of aromatic nitrogens is 1. The predicted octanol–water partition coefficient (Wildman–Crippen LogP) is 5.18. The largest absolute Gasteiger partial charge is 0.350 e. The van der Waals surface area contributed by atoms with Gasteiger partial charge in [0.1, 0.15) is 5.82 Å². The minimum absolute atomic E-state index is 0.244. The number of carbonyl (C=O) groups is 1. The van der Waals surface area contributed by atoms with Crippen LogP contribution >= 0.6 is 23.2 Å². The summed E-state index contributed by atoms with van der Waals surface area (Å²) < 4.78 is 15.8. The molecule has 0 unspecified atom stereocenters. The maximum Gasteiger partial charge on any atom is 0.257 e. The molecule has 23 heavy (non-hydrogen) atoms. The predicted molar refractivity (Wildman–Crippen MR) is 92.0 cm³/mol. The van der Waals surface area contributed by atoms with Crippen LogP contribution in [0.1, 0.15) is 15.9 Å². The number of carbonyl (C=O) groups excluding carboxylic acids is 1. The van der Waals surface area contributed by atoms with Crippen molar-refractivity contribution in [3.63, 3.8) is 0 Å². The van der Waals surface area contributed by atoms with Crippen LogP contribution in [0.15, 0.2) is 36.5 Å². The molecule has 0 saturated carbocycles. The van der Waals surface area contributed by atoms with Gasteiger partial charge in [-0.3, -0.25) is 4.79 Å². The number of aryl methyl sites for hydroxylation is 2. The Kier molecular flexibility index (Phi) is 4.04. The zero-order valence-electron chi connectivity index (χ0n) is 12.5. The van der Waals surface area contributed by atoms with E-state index in [2.05, 4.69) is 5.32 Å². The lowest BCUT2D eigenvalue weighted by Crippen LogP contribution is -2.12. The number of amides is 1. The van der Waals surface area contributed by atoms with E-state index in [9.17, 15) is 9.18 Å². The molecule has 3 aromatic rings. The van der Waals surface area contributed by atoms with E-state index in [0.29, 0.717) is 21.2 Å². The Morgan fingerprint density at radius 3 is 2.70 bits per heavy atom. The molecular weight excluding hydrogens is 338 g/mol. The number of hydrogen-bond acceptors (Lipinski definition) is 1. The molecule has 1 heterocycles. The monoisotopic (exact) mass is 350 g/mol. The van der Waals surface area contributed by atoms with Crippen molar-refractivity contribution in [2.24, 2.45) is 7.05 Å². The quantitative estimate of drug-likeness (QED) is 0.678. The molecule has 0 aliphatic heterocycles. The second kappa shape index (κ2) is 5.87. The second-order valence-electron chi connectivity index (χ2n) is 5.32.